The summed E-state index contributed by atoms with van der Waals surface area (Å²) in [5.41, 5.74) is 0. The number of hydrogen-bond donors (Lipinski definition) is 0. The number of benzene rings is 2. The molecule has 0 aliphatic rings. The van der Waals surface area contributed by atoms with Crippen LogP contribution in [0.4, 0.5) is 0 Å². The highest BCUT2D eigenvalue weighted by molar-refractivity contribution is 7.79. The third-order valence-electron chi connectivity index (χ3n) is 2.01. The van der Waals surface area contributed by atoms with Gasteiger partial charge in [-0.1, -0.05) is 35.9 Å². The Kier molecular flexibility index (Phi) is 2.54. The van der Waals surface area contributed by atoms with Crippen LogP contribution in [0.3, 0.4) is 0 Å². The second-order valence-corrected chi connectivity index (χ2v) is 4.14. The zero-order chi connectivity index (χ0) is 10.1. The fraction of sp³-hybridized carbons (Fsp3) is 0. The van der Waals surface area contributed by atoms with Gasteiger partial charge in [-0.15, -0.1) is 0 Å². The minimum Gasteiger partial charge on any atom is -0.768 e. The number of fused-ring (bicyclic) bond motifs is 1. The van der Waals surface area contributed by atoms with Crippen LogP contribution in [-0.2, 0) is 11.1 Å². The third kappa shape index (κ3) is 1.54. The molecule has 1 unspecified atom stereocenters. The molecule has 0 bridgehead atoms. The van der Waals surface area contributed by atoms with Gasteiger partial charge in [0.05, 0.1) is 0 Å². The zero-order valence-electron chi connectivity index (χ0n) is 7.07. The Morgan fingerprint density at radius 1 is 1.07 bits per heavy atom. The molecule has 14 heavy (non-hydrogen) atoms. The van der Waals surface area contributed by atoms with Crippen molar-refractivity contribution in [2.45, 2.75) is 4.90 Å². The lowest BCUT2D eigenvalue weighted by molar-refractivity contribution is 0.538. The number of halogens is 1. The van der Waals surface area contributed by atoms with Crippen LogP contribution in [0, 0.1) is 0 Å². The summed E-state index contributed by atoms with van der Waals surface area (Å²) in [6, 6.07) is 10.3. The molecule has 1 atom stereocenters. The van der Waals surface area contributed by atoms with Crippen molar-refractivity contribution < 1.29 is 8.76 Å². The van der Waals surface area contributed by atoms with E-state index in [2.05, 4.69) is 0 Å². The standard InChI is InChI=1S/C10H7ClO2S/c11-9-5-1-4-8-7(9)3-2-6-10(8)14(12)13/h1-6H,(H,12,13)/p-1. The van der Waals surface area contributed by atoms with E-state index < -0.39 is 11.1 Å². The molecular formula is C10H6ClO2S-. The van der Waals surface area contributed by atoms with Crippen molar-refractivity contribution in [1.29, 1.82) is 0 Å². The highest BCUT2D eigenvalue weighted by Crippen LogP contribution is 2.27. The van der Waals surface area contributed by atoms with Crippen LogP contribution in [0.2, 0.25) is 5.02 Å². The Bertz CT molecular complexity index is 510. The van der Waals surface area contributed by atoms with Gasteiger partial charge in [0.15, 0.2) is 0 Å². The molecule has 0 fully saturated rings. The molecule has 0 aliphatic heterocycles. The molecule has 0 radical (unpaired) electrons. The molecule has 0 spiro atoms. The lowest BCUT2D eigenvalue weighted by Crippen LogP contribution is -1.90. The lowest BCUT2D eigenvalue weighted by atomic mass is 10.1. The number of rotatable bonds is 1. The van der Waals surface area contributed by atoms with E-state index in [9.17, 15) is 8.76 Å². The molecule has 0 amide bonds. The quantitative estimate of drug-likeness (QED) is 0.701. The summed E-state index contributed by atoms with van der Waals surface area (Å²) in [6.45, 7) is 0. The van der Waals surface area contributed by atoms with Crippen LogP contribution < -0.4 is 0 Å². The van der Waals surface area contributed by atoms with Gasteiger partial charge in [0.25, 0.3) is 0 Å². The number of hydrogen-bond acceptors (Lipinski definition) is 2. The molecule has 0 saturated carbocycles. The van der Waals surface area contributed by atoms with E-state index in [1.807, 2.05) is 0 Å². The summed E-state index contributed by atoms with van der Waals surface area (Å²) >= 11 is 3.71. The topological polar surface area (TPSA) is 40.1 Å². The van der Waals surface area contributed by atoms with Gasteiger partial charge in [0, 0.05) is 15.3 Å². The molecular weight excluding hydrogens is 220 g/mol. The first-order chi connectivity index (χ1) is 6.70. The Hall–Kier alpha value is -0.900. The SMILES string of the molecule is O=S([O-])c1cccc2c(Cl)cccc12. The van der Waals surface area contributed by atoms with Crippen LogP contribution in [-0.4, -0.2) is 8.76 Å². The Labute approximate surface area is 88.8 Å². The molecule has 2 aromatic carbocycles. The third-order valence-corrected chi connectivity index (χ3v) is 3.05. The van der Waals surface area contributed by atoms with E-state index in [0.717, 1.165) is 5.39 Å². The predicted molar refractivity (Wildman–Crippen MR) is 56.1 cm³/mol. The van der Waals surface area contributed by atoms with Crippen molar-refractivity contribution in [3.05, 3.63) is 41.4 Å². The van der Waals surface area contributed by atoms with Crippen LogP contribution in [0.1, 0.15) is 0 Å². The minimum atomic E-state index is -2.22. The van der Waals surface area contributed by atoms with Gasteiger partial charge in [-0.3, -0.25) is 4.21 Å². The van der Waals surface area contributed by atoms with Crippen LogP contribution >= 0.6 is 11.6 Å². The summed E-state index contributed by atoms with van der Waals surface area (Å²) in [5.74, 6) is 0. The first kappa shape index (κ1) is 9.65. The van der Waals surface area contributed by atoms with Gasteiger partial charge >= 0.3 is 0 Å². The first-order valence-electron chi connectivity index (χ1n) is 3.96. The summed E-state index contributed by atoms with van der Waals surface area (Å²) in [5, 5.41) is 1.99. The van der Waals surface area contributed by atoms with Crippen LogP contribution in [0.15, 0.2) is 41.3 Å². The van der Waals surface area contributed by atoms with Gasteiger partial charge in [0.2, 0.25) is 0 Å². The van der Waals surface area contributed by atoms with E-state index in [0.29, 0.717) is 10.4 Å². The van der Waals surface area contributed by atoms with Crippen molar-refractivity contribution >= 4 is 33.5 Å². The Morgan fingerprint density at radius 3 is 2.43 bits per heavy atom. The average molecular weight is 226 g/mol. The van der Waals surface area contributed by atoms with Gasteiger partial charge in [-0.25, -0.2) is 0 Å². The second-order valence-electron chi connectivity index (χ2n) is 2.83. The fourth-order valence-corrected chi connectivity index (χ4v) is 2.17. The largest absolute Gasteiger partial charge is 0.768 e. The van der Waals surface area contributed by atoms with E-state index in [1.165, 1.54) is 0 Å². The lowest BCUT2D eigenvalue weighted by Gasteiger charge is -2.09. The molecule has 4 heteroatoms. The van der Waals surface area contributed by atoms with Crippen molar-refractivity contribution in [1.82, 2.24) is 0 Å². The summed E-state index contributed by atoms with van der Waals surface area (Å²) < 4.78 is 21.8. The van der Waals surface area contributed by atoms with Crippen LogP contribution in [0.5, 0.6) is 0 Å². The fourth-order valence-electron chi connectivity index (χ4n) is 1.39. The van der Waals surface area contributed by atoms with Crippen molar-refractivity contribution in [2.24, 2.45) is 0 Å². The monoisotopic (exact) mass is 225 g/mol. The summed E-state index contributed by atoms with van der Waals surface area (Å²) in [4.78, 5) is 0.282. The van der Waals surface area contributed by atoms with E-state index in [4.69, 9.17) is 11.6 Å². The molecule has 72 valence electrons. The maximum Gasteiger partial charge on any atom is 0.0484 e. The van der Waals surface area contributed by atoms with Crippen molar-refractivity contribution in [2.75, 3.05) is 0 Å². The maximum absolute atomic E-state index is 10.9. The summed E-state index contributed by atoms with van der Waals surface area (Å²) in [6.07, 6.45) is 0. The second kappa shape index (κ2) is 3.69. The summed E-state index contributed by atoms with van der Waals surface area (Å²) in [7, 11) is 0. The zero-order valence-corrected chi connectivity index (χ0v) is 8.64. The van der Waals surface area contributed by atoms with Crippen molar-refractivity contribution in [3.8, 4) is 0 Å². The van der Waals surface area contributed by atoms with Crippen molar-refractivity contribution in [3.63, 3.8) is 0 Å². The van der Waals surface area contributed by atoms with Crippen LogP contribution in [0.25, 0.3) is 10.8 Å². The van der Waals surface area contributed by atoms with Gasteiger partial charge < -0.3 is 4.55 Å². The van der Waals surface area contributed by atoms with E-state index in [1.54, 1.807) is 36.4 Å². The first-order valence-corrected chi connectivity index (χ1v) is 5.42. The Morgan fingerprint density at radius 2 is 1.71 bits per heavy atom. The highest BCUT2D eigenvalue weighted by Gasteiger charge is 2.02. The highest BCUT2D eigenvalue weighted by atomic mass is 35.5. The molecule has 2 rings (SSSR count). The van der Waals surface area contributed by atoms with Gasteiger partial charge in [0.1, 0.15) is 0 Å². The van der Waals surface area contributed by atoms with Gasteiger partial charge in [-0.05, 0) is 28.6 Å². The minimum absolute atomic E-state index is 0.282. The molecule has 2 aromatic rings. The normalized spacial score (nSPS) is 13.0. The predicted octanol–water partition coefficient (Wildman–Crippen LogP) is 2.73. The molecule has 0 aromatic heterocycles. The molecule has 0 saturated heterocycles. The molecule has 0 heterocycles. The molecule has 0 N–H and O–H groups in total. The van der Waals surface area contributed by atoms with Gasteiger partial charge in [-0.2, -0.15) is 0 Å². The smallest absolute Gasteiger partial charge is 0.0484 e. The molecule has 0 aliphatic carbocycles. The van der Waals surface area contributed by atoms with E-state index >= 15 is 0 Å². The average Bonchev–Trinajstić information content (AvgIpc) is 2.17. The maximum atomic E-state index is 10.9. The molecule has 2 nitrogen and oxygen atoms in total. The Balaban J connectivity index is 2.88. The van der Waals surface area contributed by atoms with E-state index in [-0.39, 0.29) is 4.90 Å².